The fourth-order valence-electron chi connectivity index (χ4n) is 1.90. The average Bonchev–Trinajstić information content (AvgIpc) is 2.40. The summed E-state index contributed by atoms with van der Waals surface area (Å²) in [6.07, 6.45) is 1.94. The Balaban J connectivity index is 1.97. The van der Waals surface area contributed by atoms with E-state index < -0.39 is 0 Å². The summed E-state index contributed by atoms with van der Waals surface area (Å²) in [6, 6.07) is 10.5. The third kappa shape index (κ3) is 3.06. The summed E-state index contributed by atoms with van der Waals surface area (Å²) < 4.78 is 11.0. The van der Waals surface area contributed by atoms with Crippen LogP contribution in [0.5, 0.6) is 0 Å². The molecule has 0 unspecified atom stereocenters. The standard InChI is InChI=1S/C14H17NO2/c1-2-3-11-4-6-13(7-5-11)14-16-9-12(8-15)10-17-14/h4-7,12,14H,2-3,9-10H2,1H3. The third-order valence-electron chi connectivity index (χ3n) is 2.87. The molecule has 1 heterocycles. The molecule has 3 heteroatoms. The Morgan fingerprint density at radius 2 is 1.88 bits per heavy atom. The zero-order chi connectivity index (χ0) is 12.1. The fourth-order valence-corrected chi connectivity index (χ4v) is 1.90. The van der Waals surface area contributed by atoms with Crippen LogP contribution in [-0.2, 0) is 15.9 Å². The molecule has 1 aromatic carbocycles. The van der Waals surface area contributed by atoms with Crippen LogP contribution in [-0.4, -0.2) is 13.2 Å². The van der Waals surface area contributed by atoms with Gasteiger partial charge in [-0.15, -0.1) is 0 Å². The van der Waals surface area contributed by atoms with Crippen molar-refractivity contribution in [3.05, 3.63) is 35.4 Å². The van der Waals surface area contributed by atoms with Gasteiger partial charge in [-0.3, -0.25) is 0 Å². The van der Waals surface area contributed by atoms with Gasteiger partial charge in [-0.1, -0.05) is 37.6 Å². The first-order valence-corrected chi connectivity index (χ1v) is 6.05. The molecule has 0 bridgehead atoms. The summed E-state index contributed by atoms with van der Waals surface area (Å²) in [4.78, 5) is 0. The Morgan fingerprint density at radius 1 is 1.24 bits per heavy atom. The van der Waals surface area contributed by atoms with Crippen molar-refractivity contribution in [2.24, 2.45) is 5.92 Å². The number of nitriles is 1. The van der Waals surface area contributed by atoms with Gasteiger partial charge >= 0.3 is 0 Å². The van der Waals surface area contributed by atoms with E-state index in [1.54, 1.807) is 0 Å². The summed E-state index contributed by atoms with van der Waals surface area (Å²) >= 11 is 0. The summed E-state index contributed by atoms with van der Waals surface area (Å²) in [5.41, 5.74) is 2.36. The van der Waals surface area contributed by atoms with E-state index in [1.807, 2.05) is 12.1 Å². The lowest BCUT2D eigenvalue weighted by molar-refractivity contribution is -0.196. The molecule has 0 radical (unpaired) electrons. The molecule has 0 saturated carbocycles. The molecule has 3 nitrogen and oxygen atoms in total. The molecule has 0 spiro atoms. The van der Waals surface area contributed by atoms with Crippen LogP contribution < -0.4 is 0 Å². The molecule has 0 N–H and O–H groups in total. The van der Waals surface area contributed by atoms with Crippen LogP contribution >= 0.6 is 0 Å². The first kappa shape index (κ1) is 12.1. The van der Waals surface area contributed by atoms with Gasteiger partial charge in [0.05, 0.1) is 25.2 Å². The maximum absolute atomic E-state index is 8.73. The highest BCUT2D eigenvalue weighted by molar-refractivity contribution is 5.23. The average molecular weight is 231 g/mol. The molecule has 1 aromatic rings. The molecule has 1 saturated heterocycles. The lowest BCUT2D eigenvalue weighted by Gasteiger charge is -2.26. The van der Waals surface area contributed by atoms with E-state index in [-0.39, 0.29) is 12.2 Å². The number of ether oxygens (including phenoxy) is 2. The van der Waals surface area contributed by atoms with E-state index in [9.17, 15) is 0 Å². The van der Waals surface area contributed by atoms with Gasteiger partial charge in [0, 0.05) is 5.56 Å². The molecule has 1 aliphatic heterocycles. The monoisotopic (exact) mass is 231 g/mol. The van der Waals surface area contributed by atoms with E-state index >= 15 is 0 Å². The number of hydrogen-bond acceptors (Lipinski definition) is 3. The lowest BCUT2D eigenvalue weighted by atomic mass is 10.1. The summed E-state index contributed by atoms with van der Waals surface area (Å²) in [5.74, 6) is -0.134. The summed E-state index contributed by atoms with van der Waals surface area (Å²) in [7, 11) is 0. The molecular formula is C14H17NO2. The highest BCUT2D eigenvalue weighted by Crippen LogP contribution is 2.25. The predicted molar refractivity (Wildman–Crippen MR) is 64.2 cm³/mol. The number of rotatable bonds is 3. The number of aryl methyl sites for hydroxylation is 1. The lowest BCUT2D eigenvalue weighted by Crippen LogP contribution is -2.25. The highest BCUT2D eigenvalue weighted by Gasteiger charge is 2.22. The zero-order valence-corrected chi connectivity index (χ0v) is 10.1. The van der Waals surface area contributed by atoms with Crippen molar-refractivity contribution in [1.82, 2.24) is 0 Å². The minimum absolute atomic E-state index is 0.134. The molecule has 0 atom stereocenters. The minimum atomic E-state index is -0.310. The van der Waals surface area contributed by atoms with Crippen molar-refractivity contribution < 1.29 is 9.47 Å². The van der Waals surface area contributed by atoms with E-state index in [1.165, 1.54) is 5.56 Å². The second-order valence-corrected chi connectivity index (χ2v) is 4.32. The van der Waals surface area contributed by atoms with Crippen molar-refractivity contribution in [3.8, 4) is 6.07 Å². The van der Waals surface area contributed by atoms with Gasteiger partial charge in [0.1, 0.15) is 0 Å². The molecule has 1 fully saturated rings. The van der Waals surface area contributed by atoms with Crippen molar-refractivity contribution in [1.29, 1.82) is 5.26 Å². The predicted octanol–water partition coefficient (Wildman–Crippen LogP) is 2.82. The Kier molecular flexibility index (Phi) is 4.13. The molecule has 17 heavy (non-hydrogen) atoms. The van der Waals surface area contributed by atoms with Crippen LogP contribution in [0.4, 0.5) is 0 Å². The van der Waals surface area contributed by atoms with Crippen LogP contribution in [0.15, 0.2) is 24.3 Å². The van der Waals surface area contributed by atoms with Gasteiger partial charge in [-0.05, 0) is 12.0 Å². The Hall–Kier alpha value is -1.37. The first-order valence-electron chi connectivity index (χ1n) is 6.05. The van der Waals surface area contributed by atoms with Gasteiger partial charge in [0.25, 0.3) is 0 Å². The van der Waals surface area contributed by atoms with Gasteiger partial charge in [-0.2, -0.15) is 5.26 Å². The maximum atomic E-state index is 8.73. The second-order valence-electron chi connectivity index (χ2n) is 4.32. The minimum Gasteiger partial charge on any atom is -0.347 e. The van der Waals surface area contributed by atoms with Gasteiger partial charge in [0.2, 0.25) is 0 Å². The van der Waals surface area contributed by atoms with Gasteiger partial charge < -0.3 is 9.47 Å². The molecule has 0 aliphatic carbocycles. The molecule has 2 rings (SSSR count). The molecular weight excluding hydrogens is 214 g/mol. The van der Waals surface area contributed by atoms with Crippen LogP contribution in [0.3, 0.4) is 0 Å². The molecule has 1 aliphatic rings. The first-order chi connectivity index (χ1) is 8.33. The summed E-state index contributed by atoms with van der Waals surface area (Å²) in [6.45, 7) is 3.08. The third-order valence-corrected chi connectivity index (χ3v) is 2.87. The van der Waals surface area contributed by atoms with Crippen molar-refractivity contribution >= 4 is 0 Å². The van der Waals surface area contributed by atoms with Gasteiger partial charge in [0.15, 0.2) is 6.29 Å². The van der Waals surface area contributed by atoms with Crippen LogP contribution in [0.25, 0.3) is 0 Å². The number of benzene rings is 1. The maximum Gasteiger partial charge on any atom is 0.183 e. The second kappa shape index (κ2) is 5.81. The zero-order valence-electron chi connectivity index (χ0n) is 10.1. The number of nitrogens with zero attached hydrogens (tertiary/aromatic N) is 1. The van der Waals surface area contributed by atoms with Crippen molar-refractivity contribution in [2.75, 3.05) is 13.2 Å². The van der Waals surface area contributed by atoms with E-state index in [4.69, 9.17) is 14.7 Å². The van der Waals surface area contributed by atoms with E-state index in [2.05, 4.69) is 25.1 Å². The van der Waals surface area contributed by atoms with Crippen LogP contribution in [0.2, 0.25) is 0 Å². The molecule has 0 aromatic heterocycles. The Labute approximate surface area is 102 Å². The smallest absolute Gasteiger partial charge is 0.183 e. The van der Waals surface area contributed by atoms with Crippen LogP contribution in [0, 0.1) is 17.2 Å². The normalized spacial score (nSPS) is 24.2. The quantitative estimate of drug-likeness (QED) is 0.803. The van der Waals surface area contributed by atoms with E-state index in [0.29, 0.717) is 13.2 Å². The largest absolute Gasteiger partial charge is 0.347 e. The number of hydrogen-bond donors (Lipinski definition) is 0. The Bertz CT molecular complexity index is 386. The molecule has 90 valence electrons. The van der Waals surface area contributed by atoms with Gasteiger partial charge in [-0.25, -0.2) is 0 Å². The molecule has 0 amide bonds. The van der Waals surface area contributed by atoms with Crippen molar-refractivity contribution in [3.63, 3.8) is 0 Å². The highest BCUT2D eigenvalue weighted by atomic mass is 16.7. The summed E-state index contributed by atoms with van der Waals surface area (Å²) in [5, 5.41) is 8.73. The topological polar surface area (TPSA) is 42.2 Å². The van der Waals surface area contributed by atoms with Crippen molar-refractivity contribution in [2.45, 2.75) is 26.1 Å². The van der Waals surface area contributed by atoms with E-state index in [0.717, 1.165) is 18.4 Å². The SMILES string of the molecule is CCCc1ccc(C2OCC(C#N)CO2)cc1. The fraction of sp³-hybridized carbons (Fsp3) is 0.500. The Morgan fingerprint density at radius 3 is 2.41 bits per heavy atom. The van der Waals surface area contributed by atoms with Crippen LogP contribution in [0.1, 0.15) is 30.8 Å².